The predicted octanol–water partition coefficient (Wildman–Crippen LogP) is 0.774. The summed E-state index contributed by atoms with van der Waals surface area (Å²) in [5.41, 5.74) is 0. The lowest BCUT2D eigenvalue weighted by atomic mass is 10.2. The van der Waals surface area contributed by atoms with Crippen molar-refractivity contribution in [1.29, 1.82) is 0 Å². The van der Waals surface area contributed by atoms with Crippen LogP contribution in [0, 0.1) is 0 Å². The molecule has 1 fully saturated rings. The van der Waals surface area contributed by atoms with Crippen LogP contribution in [0.3, 0.4) is 0 Å². The maximum absolute atomic E-state index is 5.21. The molecule has 2 heterocycles. The number of rotatable bonds is 3. The third kappa shape index (κ3) is 1.78. The molecule has 1 aromatic rings. The molecule has 1 aromatic heterocycles. The summed E-state index contributed by atoms with van der Waals surface area (Å²) < 4.78 is 5.21. The summed E-state index contributed by atoms with van der Waals surface area (Å²) in [5.74, 6) is 1.45. The third-order valence-electron chi connectivity index (χ3n) is 2.64. The summed E-state index contributed by atoms with van der Waals surface area (Å²) >= 11 is 0. The summed E-state index contributed by atoms with van der Waals surface area (Å²) in [6.07, 6.45) is 2.28. The van der Waals surface area contributed by atoms with E-state index in [1.807, 2.05) is 14.0 Å². The Bertz CT molecular complexity index is 293. The largest absolute Gasteiger partial charge is 0.338 e. The van der Waals surface area contributed by atoms with Crippen LogP contribution in [0.25, 0.3) is 0 Å². The molecule has 5 heteroatoms. The van der Waals surface area contributed by atoms with Gasteiger partial charge in [-0.05, 0) is 33.4 Å². The molecule has 2 atom stereocenters. The van der Waals surface area contributed by atoms with E-state index in [0.717, 1.165) is 24.7 Å². The average molecular weight is 196 g/mol. The predicted molar refractivity (Wildman–Crippen MR) is 51.8 cm³/mol. The van der Waals surface area contributed by atoms with E-state index in [0.29, 0.717) is 0 Å². The van der Waals surface area contributed by atoms with Crippen molar-refractivity contribution in [3.8, 4) is 0 Å². The van der Waals surface area contributed by atoms with Crippen molar-refractivity contribution in [3.63, 3.8) is 0 Å². The van der Waals surface area contributed by atoms with Gasteiger partial charge in [-0.3, -0.25) is 0 Å². The van der Waals surface area contributed by atoms with E-state index in [9.17, 15) is 0 Å². The monoisotopic (exact) mass is 196 g/mol. The highest BCUT2D eigenvalue weighted by Gasteiger charge is 2.23. The molecule has 0 aromatic carbocycles. The van der Waals surface area contributed by atoms with Gasteiger partial charge in [0, 0.05) is 0 Å². The molecule has 0 amide bonds. The molecule has 1 saturated heterocycles. The molecule has 0 radical (unpaired) electrons. The van der Waals surface area contributed by atoms with Gasteiger partial charge in [-0.15, -0.1) is 0 Å². The molecule has 0 saturated carbocycles. The van der Waals surface area contributed by atoms with Crippen LogP contribution in [-0.4, -0.2) is 23.7 Å². The van der Waals surface area contributed by atoms with Crippen LogP contribution in [-0.2, 0) is 0 Å². The van der Waals surface area contributed by atoms with E-state index >= 15 is 0 Å². The van der Waals surface area contributed by atoms with Crippen molar-refractivity contribution in [1.82, 2.24) is 20.8 Å². The number of hydrogen-bond acceptors (Lipinski definition) is 5. The highest BCUT2D eigenvalue weighted by Crippen LogP contribution is 2.22. The summed E-state index contributed by atoms with van der Waals surface area (Å²) in [7, 11) is 1.88. The Morgan fingerprint density at radius 3 is 3.14 bits per heavy atom. The van der Waals surface area contributed by atoms with Gasteiger partial charge < -0.3 is 15.2 Å². The Hall–Kier alpha value is -0.940. The van der Waals surface area contributed by atoms with Gasteiger partial charge in [0.2, 0.25) is 5.89 Å². The normalized spacial score (nSPS) is 24.0. The van der Waals surface area contributed by atoms with E-state index in [-0.39, 0.29) is 12.1 Å². The van der Waals surface area contributed by atoms with Crippen molar-refractivity contribution in [2.24, 2.45) is 0 Å². The minimum Gasteiger partial charge on any atom is -0.338 e. The first kappa shape index (κ1) is 9.61. The first-order valence-electron chi connectivity index (χ1n) is 5.05. The van der Waals surface area contributed by atoms with Gasteiger partial charge in [0.25, 0.3) is 0 Å². The molecule has 5 nitrogen and oxygen atoms in total. The zero-order valence-electron chi connectivity index (χ0n) is 8.58. The van der Waals surface area contributed by atoms with Crippen LogP contribution in [0.4, 0.5) is 0 Å². The summed E-state index contributed by atoms with van der Waals surface area (Å²) in [6.45, 7) is 3.06. The molecular formula is C9H16N4O. The summed E-state index contributed by atoms with van der Waals surface area (Å²) in [5, 5.41) is 10.3. The van der Waals surface area contributed by atoms with Crippen LogP contribution in [0.15, 0.2) is 4.52 Å². The SMILES string of the molecule is CNC(C)c1noc(C2CCCN2)n1. The molecule has 14 heavy (non-hydrogen) atoms. The Morgan fingerprint density at radius 2 is 2.50 bits per heavy atom. The lowest BCUT2D eigenvalue weighted by Gasteiger charge is -2.03. The second kappa shape index (κ2) is 4.06. The van der Waals surface area contributed by atoms with Crippen LogP contribution in [0.2, 0.25) is 0 Å². The first-order valence-corrected chi connectivity index (χ1v) is 5.05. The van der Waals surface area contributed by atoms with Gasteiger partial charge in [-0.25, -0.2) is 0 Å². The maximum atomic E-state index is 5.21. The van der Waals surface area contributed by atoms with Crippen LogP contribution in [0.1, 0.15) is 43.6 Å². The van der Waals surface area contributed by atoms with E-state index < -0.39 is 0 Å². The topological polar surface area (TPSA) is 63.0 Å². The van der Waals surface area contributed by atoms with Gasteiger partial charge >= 0.3 is 0 Å². The van der Waals surface area contributed by atoms with Crippen molar-refractivity contribution in [3.05, 3.63) is 11.7 Å². The molecule has 0 spiro atoms. The van der Waals surface area contributed by atoms with E-state index in [2.05, 4.69) is 20.8 Å². The molecule has 78 valence electrons. The minimum absolute atomic E-state index is 0.147. The van der Waals surface area contributed by atoms with Gasteiger partial charge in [0.1, 0.15) is 0 Å². The van der Waals surface area contributed by atoms with Crippen LogP contribution < -0.4 is 10.6 Å². The van der Waals surface area contributed by atoms with Crippen LogP contribution >= 0.6 is 0 Å². The van der Waals surface area contributed by atoms with Crippen molar-refractivity contribution >= 4 is 0 Å². The quantitative estimate of drug-likeness (QED) is 0.747. The van der Waals surface area contributed by atoms with E-state index in [1.54, 1.807) is 0 Å². The van der Waals surface area contributed by atoms with Crippen molar-refractivity contribution in [2.45, 2.75) is 31.8 Å². The summed E-state index contributed by atoms with van der Waals surface area (Å²) in [6, 6.07) is 0.411. The lowest BCUT2D eigenvalue weighted by molar-refractivity contribution is 0.338. The van der Waals surface area contributed by atoms with E-state index in [4.69, 9.17) is 4.52 Å². The standard InChI is InChI=1S/C9H16N4O/c1-6(10-2)8-12-9(14-13-8)7-4-3-5-11-7/h6-7,10-11H,3-5H2,1-2H3. The molecule has 2 N–H and O–H groups in total. The number of nitrogens with zero attached hydrogens (tertiary/aromatic N) is 2. The fourth-order valence-electron chi connectivity index (χ4n) is 1.59. The smallest absolute Gasteiger partial charge is 0.243 e. The highest BCUT2D eigenvalue weighted by atomic mass is 16.5. The van der Waals surface area contributed by atoms with Crippen LogP contribution in [0.5, 0.6) is 0 Å². The summed E-state index contributed by atoms with van der Waals surface area (Å²) in [4.78, 5) is 4.36. The Balaban J connectivity index is 2.08. The van der Waals surface area contributed by atoms with Gasteiger partial charge in [-0.1, -0.05) is 5.16 Å². The van der Waals surface area contributed by atoms with Crippen molar-refractivity contribution < 1.29 is 4.52 Å². The molecule has 1 aliphatic heterocycles. The fraction of sp³-hybridized carbons (Fsp3) is 0.778. The molecule has 1 aliphatic rings. The molecular weight excluding hydrogens is 180 g/mol. The zero-order valence-corrected chi connectivity index (χ0v) is 8.58. The first-order chi connectivity index (χ1) is 6.81. The van der Waals surface area contributed by atoms with Gasteiger partial charge in [-0.2, -0.15) is 4.98 Å². The fourth-order valence-corrected chi connectivity index (χ4v) is 1.59. The highest BCUT2D eigenvalue weighted by molar-refractivity contribution is 4.97. The molecule has 2 rings (SSSR count). The Morgan fingerprint density at radius 1 is 1.64 bits per heavy atom. The van der Waals surface area contributed by atoms with E-state index in [1.165, 1.54) is 6.42 Å². The Kier molecular flexibility index (Phi) is 2.79. The second-order valence-electron chi connectivity index (χ2n) is 3.65. The molecule has 0 bridgehead atoms. The van der Waals surface area contributed by atoms with Crippen molar-refractivity contribution in [2.75, 3.05) is 13.6 Å². The average Bonchev–Trinajstić information content (AvgIpc) is 2.86. The lowest BCUT2D eigenvalue weighted by Crippen LogP contribution is -2.15. The molecule has 0 aliphatic carbocycles. The minimum atomic E-state index is 0.147. The number of nitrogens with one attached hydrogen (secondary N) is 2. The second-order valence-corrected chi connectivity index (χ2v) is 3.65. The number of aromatic nitrogens is 2. The van der Waals surface area contributed by atoms with Gasteiger partial charge in [0.15, 0.2) is 5.82 Å². The Labute approximate surface area is 83.3 Å². The number of hydrogen-bond donors (Lipinski definition) is 2. The molecule has 2 unspecified atom stereocenters. The third-order valence-corrected chi connectivity index (χ3v) is 2.64. The maximum Gasteiger partial charge on any atom is 0.243 e. The van der Waals surface area contributed by atoms with Gasteiger partial charge in [0.05, 0.1) is 12.1 Å². The zero-order chi connectivity index (χ0) is 9.97.